The van der Waals surface area contributed by atoms with E-state index in [9.17, 15) is 26.7 Å². The van der Waals surface area contributed by atoms with Gasteiger partial charge in [-0.15, -0.1) is 0 Å². The molecule has 0 aliphatic rings. The molecule has 0 aliphatic carbocycles. The van der Waals surface area contributed by atoms with Crippen LogP contribution in [0.4, 0.5) is 22.0 Å². The van der Waals surface area contributed by atoms with Crippen molar-refractivity contribution in [3.8, 4) is 0 Å². The van der Waals surface area contributed by atoms with E-state index in [1.165, 1.54) is 6.08 Å². The van der Waals surface area contributed by atoms with Gasteiger partial charge in [0.15, 0.2) is 23.3 Å². The van der Waals surface area contributed by atoms with E-state index < -0.39 is 47.2 Å². The monoisotopic (exact) mass is 379 g/mol. The van der Waals surface area contributed by atoms with Crippen LogP contribution in [0.5, 0.6) is 0 Å². The Morgan fingerprint density at radius 2 is 1.56 bits per heavy atom. The molecule has 27 heavy (non-hydrogen) atoms. The number of benzene rings is 2. The lowest BCUT2D eigenvalue weighted by Crippen LogP contribution is -2.10. The third-order valence-corrected chi connectivity index (χ3v) is 3.72. The third-order valence-electron chi connectivity index (χ3n) is 3.72. The van der Waals surface area contributed by atoms with E-state index >= 15 is 0 Å². The van der Waals surface area contributed by atoms with Crippen LogP contribution >= 0.6 is 0 Å². The van der Waals surface area contributed by atoms with Gasteiger partial charge in [-0.2, -0.15) is 0 Å². The van der Waals surface area contributed by atoms with Crippen molar-refractivity contribution in [2.75, 3.05) is 0 Å². The number of aromatic nitrogens is 1. The van der Waals surface area contributed by atoms with E-state index in [2.05, 4.69) is 9.72 Å². The van der Waals surface area contributed by atoms with Gasteiger partial charge >= 0.3 is 5.97 Å². The average molecular weight is 379 g/mol. The highest BCUT2D eigenvalue weighted by molar-refractivity contribution is 5.92. The Labute approximate surface area is 149 Å². The van der Waals surface area contributed by atoms with Crippen molar-refractivity contribution in [3.05, 3.63) is 82.8 Å². The summed E-state index contributed by atoms with van der Waals surface area (Å²) >= 11 is 0. The van der Waals surface area contributed by atoms with Gasteiger partial charge in [0.05, 0.1) is 11.1 Å². The quantitative estimate of drug-likeness (QED) is 0.217. The maximum Gasteiger partial charge on any atom is 0.331 e. The second-order valence-corrected chi connectivity index (χ2v) is 5.41. The van der Waals surface area contributed by atoms with Crippen LogP contribution in [0.1, 0.15) is 11.1 Å². The predicted octanol–water partition coefficient (Wildman–Crippen LogP) is 4.69. The maximum atomic E-state index is 13.5. The van der Waals surface area contributed by atoms with Gasteiger partial charge in [0, 0.05) is 23.2 Å². The Morgan fingerprint density at radius 1 is 0.926 bits per heavy atom. The fourth-order valence-corrected chi connectivity index (χ4v) is 2.39. The number of hydrogen-bond acceptors (Lipinski definition) is 3. The van der Waals surface area contributed by atoms with Gasteiger partial charge < -0.3 is 4.74 Å². The molecule has 1 heterocycles. The summed E-state index contributed by atoms with van der Waals surface area (Å²) in [4.78, 5) is 15.9. The summed E-state index contributed by atoms with van der Waals surface area (Å²) in [5.74, 6) is -11.6. The van der Waals surface area contributed by atoms with Crippen molar-refractivity contribution >= 4 is 22.9 Å². The highest BCUT2D eigenvalue weighted by Gasteiger charge is 2.26. The Hall–Kier alpha value is -3.29. The molecular weight excluding hydrogens is 369 g/mol. The molecule has 3 aromatic rings. The minimum absolute atomic E-state index is 0.585. The van der Waals surface area contributed by atoms with Gasteiger partial charge in [0.1, 0.15) is 6.61 Å². The molecule has 0 aliphatic heterocycles. The molecule has 2 aromatic carbocycles. The van der Waals surface area contributed by atoms with Crippen LogP contribution in [0.15, 0.2) is 42.6 Å². The number of carbonyl (C=O) groups excluding carboxylic acids is 1. The Morgan fingerprint density at radius 3 is 2.26 bits per heavy atom. The first-order valence-corrected chi connectivity index (χ1v) is 7.59. The second kappa shape index (κ2) is 7.53. The molecule has 0 saturated heterocycles. The Bertz CT molecular complexity index is 1030. The van der Waals surface area contributed by atoms with Crippen molar-refractivity contribution in [3.63, 3.8) is 0 Å². The molecule has 0 radical (unpaired) electrons. The van der Waals surface area contributed by atoms with Crippen LogP contribution in [0.2, 0.25) is 0 Å². The first-order chi connectivity index (χ1) is 12.9. The lowest BCUT2D eigenvalue weighted by atomic mass is 10.1. The largest absolute Gasteiger partial charge is 0.457 e. The second-order valence-electron chi connectivity index (χ2n) is 5.41. The molecule has 8 heteroatoms. The summed E-state index contributed by atoms with van der Waals surface area (Å²) in [6.07, 6.45) is 3.91. The zero-order chi connectivity index (χ0) is 19.6. The lowest BCUT2D eigenvalue weighted by molar-refractivity contribution is -0.139. The number of fused-ring (bicyclic) bond motifs is 1. The summed E-state index contributed by atoms with van der Waals surface area (Å²) in [6, 6.07) is 8.81. The number of carbonyl (C=O) groups is 1. The first-order valence-electron chi connectivity index (χ1n) is 7.59. The Balaban J connectivity index is 1.77. The molecule has 1 aromatic heterocycles. The van der Waals surface area contributed by atoms with Gasteiger partial charge in [0.2, 0.25) is 5.82 Å². The number of ether oxygens (including phenoxy) is 1. The average Bonchev–Trinajstić information content (AvgIpc) is 2.69. The fourth-order valence-electron chi connectivity index (χ4n) is 2.39. The molecule has 3 rings (SSSR count). The van der Waals surface area contributed by atoms with Gasteiger partial charge in [0.25, 0.3) is 0 Å². The van der Waals surface area contributed by atoms with Crippen molar-refractivity contribution in [1.82, 2.24) is 4.98 Å². The van der Waals surface area contributed by atoms with Crippen LogP contribution in [-0.2, 0) is 16.1 Å². The molecule has 0 fully saturated rings. The summed E-state index contributed by atoms with van der Waals surface area (Å²) < 4.78 is 70.9. The Kier molecular flexibility index (Phi) is 5.16. The van der Waals surface area contributed by atoms with Crippen LogP contribution in [0.25, 0.3) is 17.0 Å². The minimum Gasteiger partial charge on any atom is -0.457 e. The zero-order valence-corrected chi connectivity index (χ0v) is 13.5. The standard InChI is InChI=1S/C19H10F5NO2/c20-14-12(15(21)17(23)18(24)16(14)22)9-27-13(26)7-6-11-4-1-3-10-5-2-8-25-19(10)11/h1-8H,9H2/b7-6+. The molecule has 0 unspecified atom stereocenters. The molecule has 0 spiro atoms. The molecular formula is C19H10F5NO2. The van der Waals surface area contributed by atoms with E-state index in [0.29, 0.717) is 11.1 Å². The summed E-state index contributed by atoms with van der Waals surface area (Å²) in [7, 11) is 0. The van der Waals surface area contributed by atoms with Crippen LogP contribution in [0.3, 0.4) is 0 Å². The maximum absolute atomic E-state index is 13.5. The lowest BCUT2D eigenvalue weighted by Gasteiger charge is -2.08. The molecule has 3 nitrogen and oxygen atoms in total. The molecule has 0 bridgehead atoms. The number of hydrogen-bond donors (Lipinski definition) is 0. The molecule has 0 atom stereocenters. The zero-order valence-electron chi connectivity index (χ0n) is 13.5. The number of esters is 1. The molecule has 0 N–H and O–H groups in total. The van der Waals surface area contributed by atoms with Gasteiger partial charge in [-0.05, 0) is 12.1 Å². The van der Waals surface area contributed by atoms with E-state index in [4.69, 9.17) is 0 Å². The normalized spacial score (nSPS) is 11.3. The van der Waals surface area contributed by atoms with Crippen molar-refractivity contribution < 1.29 is 31.5 Å². The molecule has 138 valence electrons. The number of pyridine rings is 1. The van der Waals surface area contributed by atoms with Crippen LogP contribution < -0.4 is 0 Å². The van der Waals surface area contributed by atoms with Crippen molar-refractivity contribution in [2.24, 2.45) is 0 Å². The minimum atomic E-state index is -2.27. The van der Waals surface area contributed by atoms with E-state index in [-0.39, 0.29) is 0 Å². The number of rotatable bonds is 4. The van der Waals surface area contributed by atoms with Gasteiger partial charge in [-0.25, -0.2) is 26.7 Å². The number of halogens is 5. The highest BCUT2D eigenvalue weighted by Crippen LogP contribution is 2.23. The van der Waals surface area contributed by atoms with Crippen LogP contribution in [0, 0.1) is 29.1 Å². The van der Waals surface area contributed by atoms with Crippen molar-refractivity contribution in [2.45, 2.75) is 6.61 Å². The molecule has 0 saturated carbocycles. The SMILES string of the molecule is O=C(/C=C/c1cccc2cccnc12)OCc1c(F)c(F)c(F)c(F)c1F. The smallest absolute Gasteiger partial charge is 0.331 e. The summed E-state index contributed by atoms with van der Waals surface area (Å²) in [5.41, 5.74) is -0.0231. The number of para-hydroxylation sites is 1. The van der Waals surface area contributed by atoms with Gasteiger partial charge in [-0.1, -0.05) is 24.3 Å². The summed E-state index contributed by atoms with van der Waals surface area (Å²) in [6.45, 7) is -1.11. The summed E-state index contributed by atoms with van der Waals surface area (Å²) in [5, 5.41) is 0.828. The topological polar surface area (TPSA) is 39.2 Å². The number of nitrogens with zero attached hydrogens (tertiary/aromatic N) is 1. The first kappa shape index (κ1) is 18.5. The van der Waals surface area contributed by atoms with E-state index in [1.54, 1.807) is 24.4 Å². The van der Waals surface area contributed by atoms with Crippen molar-refractivity contribution in [1.29, 1.82) is 0 Å². The van der Waals surface area contributed by atoms with E-state index in [0.717, 1.165) is 11.5 Å². The van der Waals surface area contributed by atoms with Gasteiger partial charge in [-0.3, -0.25) is 4.98 Å². The highest BCUT2D eigenvalue weighted by atomic mass is 19.2. The third kappa shape index (κ3) is 3.64. The fraction of sp³-hybridized carbons (Fsp3) is 0.0526. The molecule has 0 amide bonds. The predicted molar refractivity (Wildman–Crippen MR) is 86.8 cm³/mol. The van der Waals surface area contributed by atoms with E-state index in [1.807, 2.05) is 12.1 Å². The van der Waals surface area contributed by atoms with Crippen LogP contribution in [-0.4, -0.2) is 11.0 Å².